The minimum Gasteiger partial charge on any atom is -0.387 e. The number of rotatable bonds is 8. The zero-order valence-electron chi connectivity index (χ0n) is 9.66. The summed E-state index contributed by atoms with van der Waals surface area (Å²) in [5, 5.41) is 7.03. The second kappa shape index (κ2) is 6.74. The van der Waals surface area contributed by atoms with Crippen molar-refractivity contribution in [3.63, 3.8) is 0 Å². The molecular weight excluding hydrogens is 172 g/mol. The maximum absolute atomic E-state index is 3.51. The summed E-state index contributed by atoms with van der Waals surface area (Å²) in [4.78, 5) is 0. The highest BCUT2D eigenvalue weighted by Crippen LogP contribution is 2.22. The van der Waals surface area contributed by atoms with E-state index in [1.54, 1.807) is 0 Å². The highest BCUT2D eigenvalue weighted by molar-refractivity contribution is 5.21. The normalized spacial score (nSPS) is 15.3. The molecular formula is C12H24N2. The monoisotopic (exact) mass is 196 g/mol. The number of hydrogen-bond acceptors (Lipinski definition) is 2. The van der Waals surface area contributed by atoms with Crippen LogP contribution in [0, 0.1) is 0 Å². The van der Waals surface area contributed by atoms with E-state index >= 15 is 0 Å². The minimum absolute atomic E-state index is 1.14. The Bertz CT molecular complexity index is 165. The second-order valence-electron chi connectivity index (χ2n) is 4.02. The van der Waals surface area contributed by atoms with Crippen molar-refractivity contribution in [3.05, 3.63) is 11.4 Å². The summed E-state index contributed by atoms with van der Waals surface area (Å²) in [6.07, 6.45) is 7.62. The fourth-order valence-electron chi connectivity index (χ4n) is 1.60. The average molecular weight is 196 g/mol. The summed E-state index contributed by atoms with van der Waals surface area (Å²) in [5.41, 5.74) is 2.93. The zero-order valence-corrected chi connectivity index (χ0v) is 9.66. The van der Waals surface area contributed by atoms with Gasteiger partial charge in [0.05, 0.1) is 0 Å². The van der Waals surface area contributed by atoms with Gasteiger partial charge in [-0.2, -0.15) is 0 Å². The van der Waals surface area contributed by atoms with Crippen LogP contribution in [0.5, 0.6) is 0 Å². The predicted octanol–water partition coefficient (Wildman–Crippen LogP) is 2.77. The fraction of sp³-hybridized carbons (Fsp3) is 0.833. The van der Waals surface area contributed by atoms with E-state index in [1.165, 1.54) is 49.9 Å². The molecule has 2 heteroatoms. The number of allylic oxidation sites excluding steroid dienone is 2. The van der Waals surface area contributed by atoms with Crippen molar-refractivity contribution in [1.82, 2.24) is 10.6 Å². The maximum atomic E-state index is 3.51. The summed E-state index contributed by atoms with van der Waals surface area (Å²) < 4.78 is 0. The van der Waals surface area contributed by atoms with Gasteiger partial charge >= 0.3 is 0 Å². The highest BCUT2D eigenvalue weighted by Gasteiger charge is 2.15. The first-order chi connectivity index (χ1) is 6.88. The highest BCUT2D eigenvalue weighted by atomic mass is 15.0. The van der Waals surface area contributed by atoms with Gasteiger partial charge in [0.2, 0.25) is 0 Å². The topological polar surface area (TPSA) is 24.1 Å². The lowest BCUT2D eigenvalue weighted by Gasteiger charge is -2.26. The Hall–Kier alpha value is -0.660. The third-order valence-corrected chi connectivity index (χ3v) is 2.73. The Labute approximate surface area is 88.2 Å². The number of nitrogens with one attached hydrogen (secondary N) is 2. The summed E-state index contributed by atoms with van der Waals surface area (Å²) in [5.74, 6) is 0. The predicted molar refractivity (Wildman–Crippen MR) is 62.1 cm³/mol. The Morgan fingerprint density at radius 3 is 1.57 bits per heavy atom. The van der Waals surface area contributed by atoms with E-state index in [4.69, 9.17) is 0 Å². The van der Waals surface area contributed by atoms with Crippen LogP contribution in [0.4, 0.5) is 0 Å². The van der Waals surface area contributed by atoms with Crippen molar-refractivity contribution in [1.29, 1.82) is 0 Å². The van der Waals surface area contributed by atoms with Gasteiger partial charge in [0.15, 0.2) is 0 Å². The standard InChI is InChI=1S/C12H24N2/c1-3-5-9-13-11-7-8-12(11)14-10-6-4-2/h13-14H,3-10H2,1-2H3. The van der Waals surface area contributed by atoms with Crippen LogP contribution in [-0.4, -0.2) is 13.1 Å². The van der Waals surface area contributed by atoms with Gasteiger partial charge in [-0.05, 0) is 25.7 Å². The van der Waals surface area contributed by atoms with Crippen LogP contribution in [0.2, 0.25) is 0 Å². The molecule has 82 valence electrons. The van der Waals surface area contributed by atoms with Gasteiger partial charge in [-0.3, -0.25) is 0 Å². The average Bonchev–Trinajstić information content (AvgIpc) is 2.17. The molecule has 0 bridgehead atoms. The van der Waals surface area contributed by atoms with E-state index in [0.717, 1.165) is 13.1 Å². The van der Waals surface area contributed by atoms with E-state index in [-0.39, 0.29) is 0 Å². The van der Waals surface area contributed by atoms with Crippen LogP contribution < -0.4 is 10.6 Å². The summed E-state index contributed by atoms with van der Waals surface area (Å²) in [7, 11) is 0. The molecule has 0 saturated carbocycles. The van der Waals surface area contributed by atoms with Gasteiger partial charge in [0, 0.05) is 24.5 Å². The van der Waals surface area contributed by atoms with Crippen molar-refractivity contribution in [2.24, 2.45) is 0 Å². The van der Waals surface area contributed by atoms with Crippen molar-refractivity contribution in [3.8, 4) is 0 Å². The van der Waals surface area contributed by atoms with Crippen molar-refractivity contribution < 1.29 is 0 Å². The SMILES string of the molecule is CCCCNC1=C(NCCCC)CC1. The van der Waals surface area contributed by atoms with Gasteiger partial charge < -0.3 is 10.6 Å². The lowest BCUT2D eigenvalue weighted by molar-refractivity contribution is 0.575. The summed E-state index contributed by atoms with van der Waals surface area (Å²) >= 11 is 0. The largest absolute Gasteiger partial charge is 0.387 e. The Balaban J connectivity index is 2.13. The summed E-state index contributed by atoms with van der Waals surface area (Å²) in [6, 6.07) is 0. The first-order valence-electron chi connectivity index (χ1n) is 6.08. The Kier molecular flexibility index (Phi) is 5.50. The Morgan fingerprint density at radius 1 is 0.857 bits per heavy atom. The first-order valence-corrected chi connectivity index (χ1v) is 6.08. The van der Waals surface area contributed by atoms with Crippen molar-refractivity contribution in [2.75, 3.05) is 13.1 Å². The molecule has 0 spiro atoms. The first kappa shape index (κ1) is 11.4. The molecule has 0 radical (unpaired) electrons. The smallest absolute Gasteiger partial charge is 0.0303 e. The zero-order chi connectivity index (χ0) is 10.2. The maximum Gasteiger partial charge on any atom is 0.0303 e. The second-order valence-corrected chi connectivity index (χ2v) is 4.02. The Morgan fingerprint density at radius 2 is 1.29 bits per heavy atom. The molecule has 0 aromatic carbocycles. The van der Waals surface area contributed by atoms with E-state index in [1.807, 2.05) is 0 Å². The lowest BCUT2D eigenvalue weighted by Crippen LogP contribution is -2.29. The molecule has 14 heavy (non-hydrogen) atoms. The number of unbranched alkanes of at least 4 members (excludes halogenated alkanes) is 2. The van der Waals surface area contributed by atoms with Crippen molar-refractivity contribution >= 4 is 0 Å². The lowest BCUT2D eigenvalue weighted by atomic mass is 10.0. The van der Waals surface area contributed by atoms with Gasteiger partial charge in [0.25, 0.3) is 0 Å². The van der Waals surface area contributed by atoms with Gasteiger partial charge in [0.1, 0.15) is 0 Å². The number of hydrogen-bond donors (Lipinski definition) is 2. The molecule has 0 fully saturated rings. The quantitative estimate of drug-likeness (QED) is 0.583. The molecule has 2 nitrogen and oxygen atoms in total. The molecule has 0 amide bonds. The van der Waals surface area contributed by atoms with Gasteiger partial charge in [-0.1, -0.05) is 26.7 Å². The summed E-state index contributed by atoms with van der Waals surface area (Å²) in [6.45, 7) is 6.75. The molecule has 0 heterocycles. The van der Waals surface area contributed by atoms with Gasteiger partial charge in [-0.25, -0.2) is 0 Å². The third-order valence-electron chi connectivity index (χ3n) is 2.73. The molecule has 0 aromatic rings. The molecule has 2 N–H and O–H groups in total. The molecule has 1 aliphatic carbocycles. The van der Waals surface area contributed by atoms with Crippen LogP contribution in [0.3, 0.4) is 0 Å². The molecule has 0 unspecified atom stereocenters. The fourth-order valence-corrected chi connectivity index (χ4v) is 1.60. The molecule has 1 rings (SSSR count). The minimum atomic E-state index is 1.14. The van der Waals surface area contributed by atoms with E-state index in [0.29, 0.717) is 0 Å². The molecule has 0 aliphatic heterocycles. The van der Waals surface area contributed by atoms with E-state index in [2.05, 4.69) is 24.5 Å². The molecule has 0 aromatic heterocycles. The van der Waals surface area contributed by atoms with Crippen LogP contribution in [-0.2, 0) is 0 Å². The van der Waals surface area contributed by atoms with Crippen LogP contribution in [0.15, 0.2) is 11.4 Å². The third kappa shape index (κ3) is 3.60. The van der Waals surface area contributed by atoms with E-state index < -0.39 is 0 Å². The van der Waals surface area contributed by atoms with E-state index in [9.17, 15) is 0 Å². The van der Waals surface area contributed by atoms with Crippen molar-refractivity contribution in [2.45, 2.75) is 52.4 Å². The molecule has 0 atom stereocenters. The molecule has 1 aliphatic rings. The molecule has 0 saturated heterocycles. The van der Waals surface area contributed by atoms with Crippen LogP contribution in [0.1, 0.15) is 52.4 Å². The van der Waals surface area contributed by atoms with Crippen LogP contribution in [0.25, 0.3) is 0 Å². The van der Waals surface area contributed by atoms with Gasteiger partial charge in [-0.15, -0.1) is 0 Å². The van der Waals surface area contributed by atoms with Crippen LogP contribution >= 0.6 is 0 Å².